The van der Waals surface area contributed by atoms with Crippen LogP contribution in [0.4, 0.5) is 11.4 Å². The minimum Gasteiger partial charge on any atom is -0.398 e. The molecule has 20 heavy (non-hydrogen) atoms. The molecule has 0 bridgehead atoms. The third kappa shape index (κ3) is 3.62. The molecule has 0 saturated heterocycles. The van der Waals surface area contributed by atoms with E-state index in [4.69, 9.17) is 17.3 Å². The van der Waals surface area contributed by atoms with Crippen molar-refractivity contribution < 1.29 is 4.79 Å². The number of aryl methyl sites for hydroxylation is 1. The van der Waals surface area contributed by atoms with Crippen LogP contribution in [-0.4, -0.2) is 5.91 Å². The van der Waals surface area contributed by atoms with Crippen molar-refractivity contribution in [2.45, 2.75) is 6.92 Å². The molecule has 0 aliphatic rings. The molecule has 3 N–H and O–H groups in total. The van der Waals surface area contributed by atoms with Gasteiger partial charge in [0.05, 0.1) is 10.7 Å². The van der Waals surface area contributed by atoms with Crippen molar-refractivity contribution in [2.75, 3.05) is 11.1 Å². The minimum absolute atomic E-state index is 0.187. The number of halogens is 1. The quantitative estimate of drug-likeness (QED) is 0.664. The second-order valence-electron chi connectivity index (χ2n) is 4.42. The van der Waals surface area contributed by atoms with Crippen molar-refractivity contribution in [1.29, 1.82) is 0 Å². The zero-order valence-corrected chi connectivity index (χ0v) is 11.8. The highest BCUT2D eigenvalue weighted by atomic mass is 35.5. The monoisotopic (exact) mass is 286 g/mol. The number of nitrogens with one attached hydrogen (secondary N) is 1. The molecule has 3 nitrogen and oxygen atoms in total. The van der Waals surface area contributed by atoms with E-state index in [1.807, 2.05) is 31.2 Å². The van der Waals surface area contributed by atoms with E-state index in [1.165, 1.54) is 6.08 Å². The third-order valence-corrected chi connectivity index (χ3v) is 3.19. The van der Waals surface area contributed by atoms with E-state index in [-0.39, 0.29) is 5.91 Å². The lowest BCUT2D eigenvalue weighted by Gasteiger charge is -2.05. The maximum absolute atomic E-state index is 11.8. The van der Waals surface area contributed by atoms with Gasteiger partial charge in [0, 0.05) is 11.8 Å². The molecule has 2 rings (SSSR count). The number of para-hydroxylation sites is 1. The van der Waals surface area contributed by atoms with Crippen molar-refractivity contribution in [2.24, 2.45) is 0 Å². The molecule has 0 fully saturated rings. The smallest absolute Gasteiger partial charge is 0.248 e. The van der Waals surface area contributed by atoms with E-state index in [0.29, 0.717) is 10.7 Å². The Morgan fingerprint density at radius 2 is 2.00 bits per heavy atom. The van der Waals surface area contributed by atoms with E-state index in [9.17, 15) is 4.79 Å². The Hall–Kier alpha value is -2.26. The summed E-state index contributed by atoms with van der Waals surface area (Å²) in [6.07, 6.45) is 3.16. The Morgan fingerprint density at radius 1 is 1.25 bits per heavy atom. The van der Waals surface area contributed by atoms with Gasteiger partial charge in [-0.2, -0.15) is 0 Å². The van der Waals surface area contributed by atoms with E-state index in [2.05, 4.69) is 5.32 Å². The van der Waals surface area contributed by atoms with Gasteiger partial charge >= 0.3 is 0 Å². The normalized spacial score (nSPS) is 10.7. The molecule has 0 heterocycles. The van der Waals surface area contributed by atoms with Crippen LogP contribution in [0.15, 0.2) is 48.5 Å². The molecular weight excluding hydrogens is 272 g/mol. The summed E-state index contributed by atoms with van der Waals surface area (Å²) < 4.78 is 0. The number of nitrogens with two attached hydrogens (primary N) is 1. The van der Waals surface area contributed by atoms with Gasteiger partial charge in [-0.05, 0) is 42.3 Å². The van der Waals surface area contributed by atoms with Crippen molar-refractivity contribution in [1.82, 2.24) is 0 Å². The van der Waals surface area contributed by atoms with Gasteiger partial charge < -0.3 is 11.1 Å². The Balaban J connectivity index is 2.06. The van der Waals surface area contributed by atoms with E-state index >= 15 is 0 Å². The molecular formula is C16H15ClN2O. The van der Waals surface area contributed by atoms with Crippen molar-refractivity contribution in [3.63, 3.8) is 0 Å². The van der Waals surface area contributed by atoms with Crippen LogP contribution in [-0.2, 0) is 4.79 Å². The molecule has 0 saturated carbocycles. The number of amides is 1. The first-order valence-corrected chi connectivity index (χ1v) is 6.54. The molecule has 0 aliphatic carbocycles. The molecule has 2 aromatic rings. The fourth-order valence-corrected chi connectivity index (χ4v) is 1.84. The van der Waals surface area contributed by atoms with Crippen molar-refractivity contribution in [3.8, 4) is 0 Å². The van der Waals surface area contributed by atoms with Crippen LogP contribution in [0.2, 0.25) is 5.02 Å². The summed E-state index contributed by atoms with van der Waals surface area (Å²) in [6.45, 7) is 1.94. The predicted octanol–water partition coefficient (Wildman–Crippen LogP) is 3.88. The van der Waals surface area contributed by atoms with Gasteiger partial charge in [0.25, 0.3) is 0 Å². The predicted molar refractivity (Wildman–Crippen MR) is 84.7 cm³/mol. The number of carbonyl (C=O) groups is 1. The largest absolute Gasteiger partial charge is 0.398 e. The van der Waals surface area contributed by atoms with Gasteiger partial charge in [-0.1, -0.05) is 35.9 Å². The zero-order valence-electron chi connectivity index (χ0n) is 11.1. The van der Waals surface area contributed by atoms with Crippen LogP contribution < -0.4 is 11.1 Å². The van der Waals surface area contributed by atoms with Gasteiger partial charge in [-0.15, -0.1) is 0 Å². The molecule has 0 unspecified atom stereocenters. The van der Waals surface area contributed by atoms with Crippen molar-refractivity contribution in [3.05, 3.63) is 64.7 Å². The summed E-state index contributed by atoms with van der Waals surface area (Å²) in [4.78, 5) is 11.8. The van der Waals surface area contributed by atoms with Crippen LogP contribution in [0.25, 0.3) is 6.08 Å². The lowest BCUT2D eigenvalue weighted by Crippen LogP contribution is -2.08. The summed E-state index contributed by atoms with van der Waals surface area (Å²) in [5.74, 6) is -0.187. The second kappa shape index (κ2) is 6.26. The van der Waals surface area contributed by atoms with E-state index in [1.54, 1.807) is 24.3 Å². The summed E-state index contributed by atoms with van der Waals surface area (Å²) >= 11 is 5.84. The summed E-state index contributed by atoms with van der Waals surface area (Å²) in [5.41, 5.74) is 8.85. The third-order valence-electron chi connectivity index (χ3n) is 2.85. The van der Waals surface area contributed by atoms with E-state index in [0.717, 1.165) is 16.8 Å². The fraction of sp³-hybridized carbons (Fsp3) is 0.0625. The number of hydrogen-bond acceptors (Lipinski definition) is 2. The van der Waals surface area contributed by atoms with Gasteiger partial charge in [-0.3, -0.25) is 4.79 Å². The van der Waals surface area contributed by atoms with Gasteiger partial charge in [0.1, 0.15) is 0 Å². The SMILES string of the molecule is Cc1ccccc1NC(=O)/C=C/c1ccc(Cl)c(N)c1. The second-order valence-corrected chi connectivity index (χ2v) is 4.83. The van der Waals surface area contributed by atoms with Crippen LogP contribution in [0.1, 0.15) is 11.1 Å². The Bertz CT molecular complexity index is 665. The number of nitrogen functional groups attached to an aromatic ring is 1. The maximum atomic E-state index is 11.8. The molecule has 0 radical (unpaired) electrons. The maximum Gasteiger partial charge on any atom is 0.248 e. The first-order chi connectivity index (χ1) is 9.56. The average molecular weight is 287 g/mol. The fourth-order valence-electron chi connectivity index (χ4n) is 1.73. The summed E-state index contributed by atoms with van der Waals surface area (Å²) in [5, 5.41) is 3.33. The highest BCUT2D eigenvalue weighted by molar-refractivity contribution is 6.33. The lowest BCUT2D eigenvalue weighted by atomic mass is 10.2. The Morgan fingerprint density at radius 3 is 2.70 bits per heavy atom. The number of rotatable bonds is 3. The first-order valence-electron chi connectivity index (χ1n) is 6.16. The molecule has 2 aromatic carbocycles. The molecule has 1 amide bonds. The summed E-state index contributed by atoms with van der Waals surface area (Å²) in [6, 6.07) is 12.8. The van der Waals surface area contributed by atoms with Gasteiger partial charge in [0.15, 0.2) is 0 Å². The number of carbonyl (C=O) groups excluding carboxylic acids is 1. The molecule has 0 spiro atoms. The van der Waals surface area contributed by atoms with Crippen LogP contribution in [0.5, 0.6) is 0 Å². The highest BCUT2D eigenvalue weighted by Crippen LogP contribution is 2.20. The Kier molecular flexibility index (Phi) is 4.43. The van der Waals surface area contributed by atoms with Crippen LogP contribution in [0, 0.1) is 6.92 Å². The molecule has 0 aliphatic heterocycles. The highest BCUT2D eigenvalue weighted by Gasteiger charge is 2.01. The topological polar surface area (TPSA) is 55.1 Å². The zero-order chi connectivity index (χ0) is 14.5. The molecule has 0 aromatic heterocycles. The average Bonchev–Trinajstić information content (AvgIpc) is 2.43. The Labute approximate surface area is 123 Å². The number of anilines is 2. The first kappa shape index (κ1) is 14.2. The van der Waals surface area contributed by atoms with Gasteiger partial charge in [0.2, 0.25) is 5.91 Å². The van der Waals surface area contributed by atoms with Gasteiger partial charge in [-0.25, -0.2) is 0 Å². The van der Waals surface area contributed by atoms with Crippen LogP contribution in [0.3, 0.4) is 0 Å². The lowest BCUT2D eigenvalue weighted by molar-refractivity contribution is -0.111. The summed E-state index contributed by atoms with van der Waals surface area (Å²) in [7, 11) is 0. The van der Waals surface area contributed by atoms with E-state index < -0.39 is 0 Å². The molecule has 102 valence electrons. The molecule has 0 atom stereocenters. The van der Waals surface area contributed by atoms with Crippen LogP contribution >= 0.6 is 11.6 Å². The number of benzene rings is 2. The standard InChI is InChI=1S/C16H15ClN2O/c1-11-4-2-3-5-15(11)19-16(20)9-7-12-6-8-13(17)14(18)10-12/h2-10H,18H2,1H3,(H,19,20)/b9-7+. The van der Waals surface area contributed by atoms with Crippen molar-refractivity contribution >= 4 is 35.0 Å². The number of hydrogen-bond donors (Lipinski definition) is 2. The minimum atomic E-state index is -0.187. The molecule has 4 heteroatoms.